The van der Waals surface area contributed by atoms with E-state index in [9.17, 15) is 0 Å². The predicted molar refractivity (Wildman–Crippen MR) is 205 cm³/mol. The van der Waals surface area contributed by atoms with Gasteiger partial charge in [-0.05, 0) is 86.3 Å². The number of para-hydroxylation sites is 2. The van der Waals surface area contributed by atoms with Crippen LogP contribution in [0, 0.1) is 0 Å². The van der Waals surface area contributed by atoms with Crippen LogP contribution in [-0.4, -0.2) is 9.55 Å². The lowest BCUT2D eigenvalue weighted by Crippen LogP contribution is -1.97. The van der Waals surface area contributed by atoms with Gasteiger partial charge in [0.15, 0.2) is 0 Å². The zero-order chi connectivity index (χ0) is 36.0. The summed E-state index contributed by atoms with van der Waals surface area (Å²) in [6.45, 7) is 0. The van der Waals surface area contributed by atoms with E-state index in [0.29, 0.717) is 11.3 Å². The highest BCUT2D eigenvalue weighted by Gasteiger charge is 2.19. The highest BCUT2D eigenvalue weighted by atomic mass is 32.1. The molecule has 10 aromatic rings. The van der Waals surface area contributed by atoms with Crippen molar-refractivity contribution in [1.82, 2.24) is 9.55 Å². The Morgan fingerprint density at radius 3 is 1.75 bits per heavy atom. The van der Waals surface area contributed by atoms with E-state index >= 15 is 0 Å². The monoisotopic (exact) mass is 633 g/mol. The molecule has 2 nitrogen and oxygen atoms in total. The molecule has 10 rings (SSSR count). The quantitative estimate of drug-likeness (QED) is 0.176. The molecule has 0 atom stereocenters. The second-order valence-corrected chi connectivity index (χ2v) is 13.0. The smallest absolute Gasteiger partial charge is 0.145 e. The number of rotatable bonds is 4. The Kier molecular flexibility index (Phi) is 5.04. The van der Waals surface area contributed by atoms with Gasteiger partial charge in [0, 0.05) is 31.4 Å². The summed E-state index contributed by atoms with van der Waals surface area (Å²) in [5.41, 5.74) is 6.85. The molecule has 0 spiro atoms. The number of benzene rings is 8. The van der Waals surface area contributed by atoms with E-state index in [-0.39, 0.29) is 29.7 Å². The van der Waals surface area contributed by atoms with Gasteiger partial charge >= 0.3 is 0 Å². The molecule has 0 fully saturated rings. The standard InChI is InChI=1S/C45H28N2S/c1-2-12-30(13-3-1)45-46-39-19-9-10-20-40(39)47(45)32-25-22-29(23-26-32)43-34-15-4-6-17-36(34)44(37-18-7-5-16-35(37)43)31-24-27-42-38(28-31)33-14-8-11-21-41(33)48-42/h1-28H/i1D,2D,3D,12D,13D. The van der Waals surface area contributed by atoms with Gasteiger partial charge in [-0.25, -0.2) is 4.98 Å². The summed E-state index contributed by atoms with van der Waals surface area (Å²) in [6.07, 6.45) is 0. The first-order chi connectivity index (χ1) is 25.9. The predicted octanol–water partition coefficient (Wildman–Crippen LogP) is 12.7. The first-order valence-electron chi connectivity index (χ1n) is 18.4. The summed E-state index contributed by atoms with van der Waals surface area (Å²) in [4.78, 5) is 4.82. The second-order valence-electron chi connectivity index (χ2n) is 12.0. The van der Waals surface area contributed by atoms with E-state index in [1.165, 1.54) is 42.1 Å². The van der Waals surface area contributed by atoms with Gasteiger partial charge in [-0.15, -0.1) is 11.3 Å². The molecular weight excluding hydrogens is 601 g/mol. The number of imidazole rings is 1. The van der Waals surface area contributed by atoms with Gasteiger partial charge in [0.2, 0.25) is 0 Å². The largest absolute Gasteiger partial charge is 0.292 e. The van der Waals surface area contributed by atoms with Gasteiger partial charge in [-0.2, -0.15) is 0 Å². The van der Waals surface area contributed by atoms with Crippen LogP contribution in [0.25, 0.3) is 92.1 Å². The molecule has 0 saturated carbocycles. The van der Waals surface area contributed by atoms with Crippen LogP contribution in [0.1, 0.15) is 6.85 Å². The molecule has 0 aliphatic heterocycles. The Bertz CT molecular complexity index is 3040. The lowest BCUT2D eigenvalue weighted by molar-refractivity contribution is 1.10. The average molecular weight is 634 g/mol. The van der Waals surface area contributed by atoms with Gasteiger partial charge in [-0.1, -0.05) is 127 Å². The first-order valence-corrected chi connectivity index (χ1v) is 16.7. The van der Waals surface area contributed by atoms with E-state index in [2.05, 4.69) is 103 Å². The van der Waals surface area contributed by atoms with Crippen molar-refractivity contribution < 1.29 is 6.85 Å². The van der Waals surface area contributed by atoms with Crippen LogP contribution in [-0.2, 0) is 0 Å². The van der Waals surface area contributed by atoms with Crippen molar-refractivity contribution in [3.63, 3.8) is 0 Å². The fraction of sp³-hybridized carbons (Fsp3) is 0. The molecule has 0 bridgehead atoms. The molecule has 0 aliphatic rings. The minimum Gasteiger partial charge on any atom is -0.292 e. The summed E-state index contributed by atoms with van der Waals surface area (Å²) >= 11 is 1.83. The van der Waals surface area contributed by atoms with E-state index in [1.807, 2.05) is 52.3 Å². The maximum absolute atomic E-state index is 8.73. The summed E-state index contributed by atoms with van der Waals surface area (Å²) in [5, 5.41) is 7.20. The number of nitrogens with zero attached hydrogens (tertiary/aromatic N) is 2. The average Bonchev–Trinajstić information content (AvgIpc) is 3.77. The van der Waals surface area contributed by atoms with Crippen molar-refractivity contribution >= 4 is 64.1 Å². The zero-order valence-corrected chi connectivity index (χ0v) is 26.4. The maximum Gasteiger partial charge on any atom is 0.145 e. The van der Waals surface area contributed by atoms with Gasteiger partial charge in [-0.3, -0.25) is 4.57 Å². The topological polar surface area (TPSA) is 17.8 Å². The maximum atomic E-state index is 8.73. The second kappa shape index (κ2) is 10.8. The Morgan fingerprint density at radius 2 is 1.04 bits per heavy atom. The third kappa shape index (κ3) is 4.15. The zero-order valence-electron chi connectivity index (χ0n) is 30.6. The van der Waals surface area contributed by atoms with E-state index < -0.39 is 6.04 Å². The van der Waals surface area contributed by atoms with Gasteiger partial charge in [0.05, 0.1) is 17.9 Å². The molecule has 0 radical (unpaired) electrons. The molecule has 0 aliphatic carbocycles. The fourth-order valence-corrected chi connectivity index (χ4v) is 8.31. The SMILES string of the molecule is [2H]c1c([2H])c([2H])c(-c2nc3ccccc3n2-c2ccc(-c3c4ccccc4c(-c4ccc5sc6ccccc6c5c4)c4ccccc34)cc2)c([2H])c1[2H]. The van der Waals surface area contributed by atoms with E-state index in [4.69, 9.17) is 11.8 Å². The van der Waals surface area contributed by atoms with Crippen molar-refractivity contribution in [2.24, 2.45) is 0 Å². The van der Waals surface area contributed by atoms with Gasteiger partial charge in [0.25, 0.3) is 0 Å². The third-order valence-corrected chi connectivity index (χ3v) is 10.4. The lowest BCUT2D eigenvalue weighted by atomic mass is 9.85. The van der Waals surface area contributed by atoms with Crippen molar-refractivity contribution in [3.8, 4) is 39.3 Å². The van der Waals surface area contributed by atoms with Crippen LogP contribution in [0.4, 0.5) is 0 Å². The number of fused-ring (bicyclic) bond motifs is 6. The molecule has 2 aromatic heterocycles. The highest BCUT2D eigenvalue weighted by Crippen LogP contribution is 2.45. The molecule has 0 amide bonds. The summed E-state index contributed by atoms with van der Waals surface area (Å²) in [7, 11) is 0. The molecule has 8 aromatic carbocycles. The van der Waals surface area contributed by atoms with Crippen molar-refractivity contribution in [2.45, 2.75) is 0 Å². The number of aromatic nitrogens is 2. The van der Waals surface area contributed by atoms with Crippen LogP contribution < -0.4 is 0 Å². The Morgan fingerprint density at radius 1 is 0.479 bits per heavy atom. The Labute approximate surface area is 288 Å². The highest BCUT2D eigenvalue weighted by molar-refractivity contribution is 7.25. The number of hydrogen-bond acceptors (Lipinski definition) is 2. The molecule has 2 heterocycles. The van der Waals surface area contributed by atoms with Crippen LogP contribution >= 0.6 is 11.3 Å². The van der Waals surface area contributed by atoms with Crippen molar-refractivity contribution in [2.75, 3.05) is 0 Å². The molecule has 0 unspecified atom stereocenters. The molecular formula is C45H28N2S. The fourth-order valence-electron chi connectivity index (χ4n) is 7.23. The summed E-state index contributed by atoms with van der Waals surface area (Å²) in [5.74, 6) is 0.298. The summed E-state index contributed by atoms with van der Waals surface area (Å²) in [6, 6.07) is 46.8. The molecule has 0 N–H and O–H groups in total. The molecule has 0 saturated heterocycles. The van der Waals surface area contributed by atoms with Gasteiger partial charge < -0.3 is 0 Å². The van der Waals surface area contributed by atoms with E-state index in [0.717, 1.165) is 33.1 Å². The van der Waals surface area contributed by atoms with Crippen LogP contribution in [0.2, 0.25) is 0 Å². The van der Waals surface area contributed by atoms with E-state index in [1.54, 1.807) is 0 Å². The summed E-state index contributed by atoms with van der Waals surface area (Å²) < 4.78 is 46.7. The Hall–Kier alpha value is -6.03. The Balaban J connectivity index is 1.18. The third-order valence-electron chi connectivity index (χ3n) is 9.30. The molecule has 224 valence electrons. The van der Waals surface area contributed by atoms with Crippen molar-refractivity contribution in [1.29, 1.82) is 0 Å². The normalized spacial score (nSPS) is 13.2. The lowest BCUT2D eigenvalue weighted by Gasteiger charge is -2.18. The number of thiophene rings is 1. The van der Waals surface area contributed by atoms with Crippen LogP contribution in [0.15, 0.2) is 170 Å². The molecule has 48 heavy (non-hydrogen) atoms. The molecule has 3 heteroatoms. The first kappa shape index (κ1) is 22.5. The van der Waals surface area contributed by atoms with Crippen molar-refractivity contribution in [3.05, 3.63) is 170 Å². The van der Waals surface area contributed by atoms with Crippen LogP contribution in [0.5, 0.6) is 0 Å². The van der Waals surface area contributed by atoms with Crippen LogP contribution in [0.3, 0.4) is 0 Å². The number of hydrogen-bond donors (Lipinski definition) is 0. The van der Waals surface area contributed by atoms with Gasteiger partial charge in [0.1, 0.15) is 5.82 Å². The minimum atomic E-state index is -0.429. The minimum absolute atomic E-state index is 0.0671.